The molecule has 0 saturated heterocycles. The fourth-order valence-electron chi connectivity index (χ4n) is 7.15. The molecular formula is C58H98O6. The largest absolute Gasteiger partial charge is 0.462 e. The number of unbranched alkanes of at least 4 members (excludes halogenated alkanes) is 22. The average Bonchev–Trinajstić information content (AvgIpc) is 3.29. The molecule has 0 N–H and O–H groups in total. The van der Waals surface area contributed by atoms with E-state index in [0.29, 0.717) is 19.3 Å². The lowest BCUT2D eigenvalue weighted by molar-refractivity contribution is -0.167. The topological polar surface area (TPSA) is 78.9 Å². The maximum Gasteiger partial charge on any atom is 0.306 e. The number of hydrogen-bond acceptors (Lipinski definition) is 6. The van der Waals surface area contributed by atoms with Gasteiger partial charge in [-0.3, -0.25) is 14.4 Å². The van der Waals surface area contributed by atoms with E-state index in [2.05, 4.69) is 106 Å². The number of rotatable bonds is 47. The molecule has 0 radical (unpaired) electrons. The highest BCUT2D eigenvalue weighted by Gasteiger charge is 2.19. The lowest BCUT2D eigenvalue weighted by Crippen LogP contribution is -2.30. The Bertz CT molecular complexity index is 1250. The fraction of sp³-hybridized carbons (Fsp3) is 0.707. The molecule has 366 valence electrons. The Morgan fingerprint density at radius 3 is 0.984 bits per heavy atom. The summed E-state index contributed by atoms with van der Waals surface area (Å²) >= 11 is 0. The normalized spacial score (nSPS) is 12.7. The molecule has 0 bridgehead atoms. The van der Waals surface area contributed by atoms with Crippen LogP contribution in [0.2, 0.25) is 0 Å². The second-order valence-electron chi connectivity index (χ2n) is 17.4. The number of hydrogen-bond donors (Lipinski definition) is 0. The van der Waals surface area contributed by atoms with E-state index in [0.717, 1.165) is 89.9 Å². The Kier molecular flexibility index (Phi) is 49.4. The summed E-state index contributed by atoms with van der Waals surface area (Å²) in [6, 6.07) is 0. The Labute approximate surface area is 395 Å². The monoisotopic (exact) mass is 891 g/mol. The van der Waals surface area contributed by atoms with Gasteiger partial charge in [-0.05, 0) is 96.3 Å². The van der Waals surface area contributed by atoms with Gasteiger partial charge in [0.2, 0.25) is 0 Å². The van der Waals surface area contributed by atoms with Gasteiger partial charge in [-0.2, -0.15) is 0 Å². The molecule has 0 aliphatic carbocycles. The van der Waals surface area contributed by atoms with E-state index in [-0.39, 0.29) is 37.5 Å². The van der Waals surface area contributed by atoms with Crippen molar-refractivity contribution in [2.45, 2.75) is 252 Å². The Balaban J connectivity index is 4.49. The van der Waals surface area contributed by atoms with E-state index in [9.17, 15) is 14.4 Å². The van der Waals surface area contributed by atoms with E-state index >= 15 is 0 Å². The minimum Gasteiger partial charge on any atom is -0.462 e. The van der Waals surface area contributed by atoms with Crippen molar-refractivity contribution in [2.75, 3.05) is 13.2 Å². The average molecular weight is 891 g/mol. The van der Waals surface area contributed by atoms with Crippen molar-refractivity contribution in [3.05, 3.63) is 85.1 Å². The molecule has 0 aromatic carbocycles. The molecule has 0 saturated carbocycles. The third-order valence-electron chi connectivity index (χ3n) is 11.1. The minimum absolute atomic E-state index is 0.104. The molecule has 6 heteroatoms. The van der Waals surface area contributed by atoms with Gasteiger partial charge >= 0.3 is 17.9 Å². The van der Waals surface area contributed by atoms with Gasteiger partial charge in [-0.1, -0.05) is 215 Å². The predicted octanol–water partition coefficient (Wildman–Crippen LogP) is 17.6. The second-order valence-corrected chi connectivity index (χ2v) is 17.4. The predicted molar refractivity (Wildman–Crippen MR) is 274 cm³/mol. The van der Waals surface area contributed by atoms with Crippen molar-refractivity contribution < 1.29 is 28.6 Å². The van der Waals surface area contributed by atoms with E-state index in [1.807, 2.05) is 0 Å². The van der Waals surface area contributed by atoms with Crippen LogP contribution in [0.25, 0.3) is 0 Å². The summed E-state index contributed by atoms with van der Waals surface area (Å²) in [6.45, 7) is 6.43. The van der Waals surface area contributed by atoms with Crippen LogP contribution in [0.15, 0.2) is 85.1 Å². The summed E-state index contributed by atoms with van der Waals surface area (Å²) in [5.41, 5.74) is 0. The molecule has 1 atom stereocenters. The quantitative estimate of drug-likeness (QED) is 0.0262. The van der Waals surface area contributed by atoms with Gasteiger partial charge < -0.3 is 14.2 Å². The van der Waals surface area contributed by atoms with Crippen LogP contribution in [0.4, 0.5) is 0 Å². The van der Waals surface area contributed by atoms with Crippen molar-refractivity contribution in [3.63, 3.8) is 0 Å². The van der Waals surface area contributed by atoms with Crippen LogP contribution in [-0.4, -0.2) is 37.2 Å². The molecule has 0 aliphatic heterocycles. The number of esters is 3. The summed E-state index contributed by atoms with van der Waals surface area (Å²) in [4.78, 5) is 38.0. The van der Waals surface area contributed by atoms with Gasteiger partial charge in [0.15, 0.2) is 6.10 Å². The molecule has 0 aromatic heterocycles. The molecule has 0 spiro atoms. The van der Waals surface area contributed by atoms with Crippen molar-refractivity contribution in [1.29, 1.82) is 0 Å². The molecule has 0 fully saturated rings. The zero-order valence-corrected chi connectivity index (χ0v) is 41.8. The smallest absolute Gasteiger partial charge is 0.306 e. The molecule has 0 unspecified atom stereocenters. The van der Waals surface area contributed by atoms with Gasteiger partial charge in [-0.15, -0.1) is 0 Å². The third-order valence-corrected chi connectivity index (χ3v) is 11.1. The molecule has 0 rings (SSSR count). The zero-order chi connectivity index (χ0) is 46.5. The standard InChI is InChI=1S/C58H98O6/c1-4-7-10-13-16-19-22-25-28-31-33-36-39-42-45-48-51-57(60)63-54-55(64-58(61)52-49-46-43-40-37-34-30-27-24-21-18-15-12-9-6-3)53-62-56(59)50-47-44-41-38-35-32-29-26-23-20-17-14-11-8-5-2/h9,12,17-18,20-21,26-27,29-30,35,37-38,40,55H,4-8,10-11,13-16,19,22-25,28,31-34,36,39,41-54H2,1-3H3/b12-9-,20-17-,21-18-,29-26-,30-27-,38-35-,40-37-/t55-/m1/s1. The van der Waals surface area contributed by atoms with Gasteiger partial charge in [0.25, 0.3) is 0 Å². The summed E-state index contributed by atoms with van der Waals surface area (Å²) in [5, 5.41) is 0. The number of carbonyl (C=O) groups is 3. The van der Waals surface area contributed by atoms with Crippen LogP contribution in [0.5, 0.6) is 0 Å². The molecule has 0 heterocycles. The van der Waals surface area contributed by atoms with Gasteiger partial charge in [0.1, 0.15) is 13.2 Å². The summed E-state index contributed by atoms with van der Waals surface area (Å²) < 4.78 is 16.7. The summed E-state index contributed by atoms with van der Waals surface area (Å²) in [5.74, 6) is -0.984. The fourth-order valence-corrected chi connectivity index (χ4v) is 7.15. The molecule has 0 amide bonds. The molecular weight excluding hydrogens is 793 g/mol. The number of allylic oxidation sites excluding steroid dienone is 14. The third kappa shape index (κ3) is 49.6. The van der Waals surface area contributed by atoms with Crippen molar-refractivity contribution in [3.8, 4) is 0 Å². The first-order chi connectivity index (χ1) is 31.5. The lowest BCUT2D eigenvalue weighted by Gasteiger charge is -2.18. The van der Waals surface area contributed by atoms with E-state index in [4.69, 9.17) is 14.2 Å². The van der Waals surface area contributed by atoms with Gasteiger partial charge in [-0.25, -0.2) is 0 Å². The van der Waals surface area contributed by atoms with Crippen LogP contribution in [-0.2, 0) is 28.6 Å². The zero-order valence-electron chi connectivity index (χ0n) is 41.8. The molecule has 0 aromatic rings. The van der Waals surface area contributed by atoms with E-state index < -0.39 is 6.10 Å². The van der Waals surface area contributed by atoms with Gasteiger partial charge in [0.05, 0.1) is 0 Å². The highest BCUT2D eigenvalue weighted by Crippen LogP contribution is 2.15. The van der Waals surface area contributed by atoms with E-state index in [1.54, 1.807) is 0 Å². The Morgan fingerprint density at radius 2 is 0.609 bits per heavy atom. The van der Waals surface area contributed by atoms with Crippen molar-refractivity contribution in [2.24, 2.45) is 0 Å². The lowest BCUT2D eigenvalue weighted by atomic mass is 10.0. The Hall–Kier alpha value is -3.41. The van der Waals surface area contributed by atoms with Crippen molar-refractivity contribution in [1.82, 2.24) is 0 Å². The van der Waals surface area contributed by atoms with E-state index in [1.165, 1.54) is 109 Å². The first kappa shape index (κ1) is 60.6. The van der Waals surface area contributed by atoms with Crippen LogP contribution in [0.3, 0.4) is 0 Å². The maximum absolute atomic E-state index is 12.8. The Morgan fingerprint density at radius 1 is 0.328 bits per heavy atom. The first-order valence-electron chi connectivity index (χ1n) is 26.6. The maximum atomic E-state index is 12.8. The minimum atomic E-state index is -0.812. The summed E-state index contributed by atoms with van der Waals surface area (Å²) in [7, 11) is 0. The van der Waals surface area contributed by atoms with Crippen LogP contribution >= 0.6 is 0 Å². The SMILES string of the molecule is CC/C=C\C/C=C\C/C=C\C/C=C\CCCCC(=O)O[C@H](COC(=O)CCCC/C=C\C/C=C\C/C=C\CCCCC)COC(=O)CCCCCCCCCCCCCCCCCC. The first-order valence-corrected chi connectivity index (χ1v) is 26.6. The summed E-state index contributed by atoms with van der Waals surface area (Å²) in [6.07, 6.45) is 67.1. The van der Waals surface area contributed by atoms with Crippen LogP contribution in [0, 0.1) is 0 Å². The highest BCUT2D eigenvalue weighted by atomic mass is 16.6. The number of carbonyl (C=O) groups excluding carboxylic acids is 3. The molecule has 0 aliphatic rings. The van der Waals surface area contributed by atoms with Gasteiger partial charge in [0, 0.05) is 19.3 Å². The molecule has 6 nitrogen and oxygen atoms in total. The van der Waals surface area contributed by atoms with Crippen LogP contribution < -0.4 is 0 Å². The van der Waals surface area contributed by atoms with Crippen LogP contribution in [0.1, 0.15) is 245 Å². The molecule has 64 heavy (non-hydrogen) atoms. The van der Waals surface area contributed by atoms with Crippen molar-refractivity contribution >= 4 is 17.9 Å². The number of ether oxygens (including phenoxy) is 3. The second kappa shape index (κ2) is 52.2. The highest BCUT2D eigenvalue weighted by molar-refractivity contribution is 5.71.